The van der Waals surface area contributed by atoms with Crippen molar-refractivity contribution in [2.45, 2.75) is 18.9 Å². The van der Waals surface area contributed by atoms with Gasteiger partial charge in [-0.1, -0.05) is 0 Å². The van der Waals surface area contributed by atoms with Crippen molar-refractivity contribution < 1.29 is 23.4 Å². The third kappa shape index (κ3) is 4.91. The highest BCUT2D eigenvalue weighted by atomic mass is 32.2. The van der Waals surface area contributed by atoms with Crippen molar-refractivity contribution in [1.29, 1.82) is 0 Å². The van der Waals surface area contributed by atoms with Crippen molar-refractivity contribution >= 4 is 15.8 Å². The predicted octanol–water partition coefficient (Wildman–Crippen LogP) is -1.15. The second-order valence-electron chi connectivity index (χ2n) is 4.18. The lowest BCUT2D eigenvalue weighted by molar-refractivity contribution is -0.139. The van der Waals surface area contributed by atoms with Gasteiger partial charge in [0.15, 0.2) is 9.84 Å². The first kappa shape index (κ1) is 13.4. The molecule has 7 heteroatoms. The Bertz CT molecular complexity index is 340. The van der Waals surface area contributed by atoms with Crippen LogP contribution in [0.15, 0.2) is 0 Å². The SMILES string of the molecule is O=C(O)CC(O)CNCC1CCS(=O)(=O)C1. The summed E-state index contributed by atoms with van der Waals surface area (Å²) in [6.07, 6.45) is -0.573. The van der Waals surface area contributed by atoms with Crippen LogP contribution in [-0.2, 0) is 14.6 Å². The lowest BCUT2D eigenvalue weighted by atomic mass is 10.1. The van der Waals surface area contributed by atoms with Gasteiger partial charge in [-0.3, -0.25) is 4.79 Å². The summed E-state index contributed by atoms with van der Waals surface area (Å²) in [5, 5.41) is 20.5. The second kappa shape index (κ2) is 5.60. The number of carbonyl (C=O) groups is 1. The summed E-state index contributed by atoms with van der Waals surface area (Å²) in [5.41, 5.74) is 0. The molecule has 0 amide bonds. The zero-order chi connectivity index (χ0) is 12.2. The Hall–Kier alpha value is -0.660. The van der Waals surface area contributed by atoms with Gasteiger partial charge in [-0.05, 0) is 18.9 Å². The van der Waals surface area contributed by atoms with E-state index in [9.17, 15) is 18.3 Å². The maximum Gasteiger partial charge on any atom is 0.306 e. The zero-order valence-corrected chi connectivity index (χ0v) is 9.74. The Balaban J connectivity index is 2.14. The summed E-state index contributed by atoms with van der Waals surface area (Å²) in [5.74, 6) is -0.536. The molecule has 0 radical (unpaired) electrons. The highest BCUT2D eigenvalue weighted by Crippen LogP contribution is 2.17. The fourth-order valence-corrected chi connectivity index (χ4v) is 3.62. The van der Waals surface area contributed by atoms with Gasteiger partial charge in [0.1, 0.15) is 0 Å². The van der Waals surface area contributed by atoms with Crippen LogP contribution in [-0.4, -0.2) is 55.3 Å². The third-order valence-electron chi connectivity index (χ3n) is 2.55. The van der Waals surface area contributed by atoms with Crippen molar-refractivity contribution in [1.82, 2.24) is 5.32 Å². The molecule has 0 saturated carbocycles. The molecule has 16 heavy (non-hydrogen) atoms. The summed E-state index contributed by atoms with van der Waals surface area (Å²) in [7, 11) is -2.86. The number of hydrogen-bond donors (Lipinski definition) is 3. The summed E-state index contributed by atoms with van der Waals surface area (Å²) in [6.45, 7) is 0.693. The van der Waals surface area contributed by atoms with Gasteiger partial charge in [-0.2, -0.15) is 0 Å². The molecule has 1 saturated heterocycles. The summed E-state index contributed by atoms with van der Waals surface area (Å²) < 4.78 is 22.3. The van der Waals surface area contributed by atoms with Crippen LogP contribution >= 0.6 is 0 Å². The van der Waals surface area contributed by atoms with Gasteiger partial charge in [0.25, 0.3) is 0 Å². The van der Waals surface area contributed by atoms with E-state index in [0.29, 0.717) is 13.0 Å². The van der Waals surface area contributed by atoms with Gasteiger partial charge >= 0.3 is 5.97 Å². The summed E-state index contributed by atoms with van der Waals surface area (Å²) in [6, 6.07) is 0. The summed E-state index contributed by atoms with van der Waals surface area (Å²) in [4.78, 5) is 10.2. The number of aliphatic carboxylic acids is 1. The molecule has 0 aromatic carbocycles. The molecule has 0 bridgehead atoms. The average molecular weight is 251 g/mol. The molecule has 0 spiro atoms. The molecule has 1 fully saturated rings. The van der Waals surface area contributed by atoms with Crippen molar-refractivity contribution in [3.05, 3.63) is 0 Å². The number of hydrogen-bond acceptors (Lipinski definition) is 5. The van der Waals surface area contributed by atoms with Gasteiger partial charge in [0, 0.05) is 6.54 Å². The van der Waals surface area contributed by atoms with E-state index in [4.69, 9.17) is 5.11 Å². The minimum atomic E-state index is -2.86. The monoisotopic (exact) mass is 251 g/mol. The van der Waals surface area contributed by atoms with Crippen molar-refractivity contribution in [3.63, 3.8) is 0 Å². The lowest BCUT2D eigenvalue weighted by Gasteiger charge is -2.12. The van der Waals surface area contributed by atoms with E-state index in [1.165, 1.54) is 0 Å². The number of carboxylic acid groups (broad SMARTS) is 1. The number of rotatable bonds is 6. The van der Waals surface area contributed by atoms with Crippen LogP contribution < -0.4 is 5.32 Å². The Morgan fingerprint density at radius 3 is 2.69 bits per heavy atom. The quantitative estimate of drug-likeness (QED) is 0.550. The molecule has 1 aliphatic heterocycles. The number of carboxylic acids is 1. The number of sulfone groups is 1. The van der Waals surface area contributed by atoms with Crippen LogP contribution in [0.5, 0.6) is 0 Å². The first-order valence-electron chi connectivity index (χ1n) is 5.20. The maximum atomic E-state index is 11.1. The minimum absolute atomic E-state index is 0.0852. The van der Waals surface area contributed by atoms with E-state index in [0.717, 1.165) is 0 Å². The Labute approximate surface area is 94.6 Å². The van der Waals surface area contributed by atoms with Gasteiger partial charge in [0.05, 0.1) is 24.0 Å². The van der Waals surface area contributed by atoms with Crippen molar-refractivity contribution in [2.24, 2.45) is 5.92 Å². The van der Waals surface area contributed by atoms with Crippen LogP contribution in [0.3, 0.4) is 0 Å². The fourth-order valence-electron chi connectivity index (χ4n) is 1.76. The molecular weight excluding hydrogens is 234 g/mol. The number of nitrogens with one attached hydrogen (secondary N) is 1. The van der Waals surface area contributed by atoms with Crippen LogP contribution in [0, 0.1) is 5.92 Å². The highest BCUT2D eigenvalue weighted by Gasteiger charge is 2.27. The lowest BCUT2D eigenvalue weighted by Crippen LogP contribution is -2.32. The zero-order valence-electron chi connectivity index (χ0n) is 8.92. The van der Waals surface area contributed by atoms with Crippen LogP contribution in [0.25, 0.3) is 0 Å². The van der Waals surface area contributed by atoms with Gasteiger partial charge in [-0.15, -0.1) is 0 Å². The minimum Gasteiger partial charge on any atom is -0.481 e. The number of aliphatic hydroxyl groups is 1. The largest absolute Gasteiger partial charge is 0.481 e. The van der Waals surface area contributed by atoms with E-state index in [1.54, 1.807) is 0 Å². The third-order valence-corrected chi connectivity index (χ3v) is 4.39. The summed E-state index contributed by atoms with van der Waals surface area (Å²) >= 11 is 0. The molecule has 0 aromatic heterocycles. The Morgan fingerprint density at radius 1 is 1.50 bits per heavy atom. The van der Waals surface area contributed by atoms with E-state index < -0.39 is 21.9 Å². The standard InChI is InChI=1S/C9H17NO5S/c11-8(3-9(12)13)5-10-4-7-1-2-16(14,15)6-7/h7-8,10-11H,1-6H2,(H,12,13). The molecule has 3 N–H and O–H groups in total. The number of aliphatic hydroxyl groups excluding tert-OH is 1. The van der Waals surface area contributed by atoms with Gasteiger partial charge < -0.3 is 15.5 Å². The molecule has 2 atom stereocenters. The van der Waals surface area contributed by atoms with Crippen LogP contribution in [0.2, 0.25) is 0 Å². The molecule has 0 aromatic rings. The van der Waals surface area contributed by atoms with E-state index >= 15 is 0 Å². The average Bonchev–Trinajstić information content (AvgIpc) is 2.44. The molecule has 1 heterocycles. The van der Waals surface area contributed by atoms with E-state index in [-0.39, 0.29) is 30.4 Å². The molecule has 2 unspecified atom stereocenters. The predicted molar refractivity (Wildman–Crippen MR) is 57.9 cm³/mol. The molecule has 1 rings (SSSR count). The first-order chi connectivity index (χ1) is 7.39. The second-order valence-corrected chi connectivity index (χ2v) is 6.41. The molecular formula is C9H17NO5S. The van der Waals surface area contributed by atoms with E-state index in [2.05, 4.69) is 5.32 Å². The van der Waals surface area contributed by atoms with Gasteiger partial charge in [-0.25, -0.2) is 8.42 Å². The Kier molecular flexibility index (Phi) is 4.69. The Morgan fingerprint density at radius 2 is 2.19 bits per heavy atom. The van der Waals surface area contributed by atoms with Crippen LogP contribution in [0.1, 0.15) is 12.8 Å². The normalized spacial score (nSPS) is 25.4. The van der Waals surface area contributed by atoms with Gasteiger partial charge in [0.2, 0.25) is 0 Å². The maximum absolute atomic E-state index is 11.1. The van der Waals surface area contributed by atoms with Crippen molar-refractivity contribution in [2.75, 3.05) is 24.6 Å². The van der Waals surface area contributed by atoms with Crippen molar-refractivity contribution in [3.8, 4) is 0 Å². The van der Waals surface area contributed by atoms with E-state index in [1.807, 2.05) is 0 Å². The topological polar surface area (TPSA) is 104 Å². The van der Waals surface area contributed by atoms with Crippen LogP contribution in [0.4, 0.5) is 0 Å². The fraction of sp³-hybridized carbons (Fsp3) is 0.889. The molecule has 0 aliphatic carbocycles. The molecule has 6 nitrogen and oxygen atoms in total. The first-order valence-corrected chi connectivity index (χ1v) is 7.02. The smallest absolute Gasteiger partial charge is 0.306 e. The molecule has 1 aliphatic rings. The highest BCUT2D eigenvalue weighted by molar-refractivity contribution is 7.91. The molecule has 94 valence electrons.